The van der Waals surface area contributed by atoms with E-state index in [2.05, 4.69) is 20.6 Å². The fourth-order valence-electron chi connectivity index (χ4n) is 2.42. The maximum atomic E-state index is 6.11. The summed E-state index contributed by atoms with van der Waals surface area (Å²) in [5, 5.41) is 7.61. The lowest BCUT2D eigenvalue weighted by Crippen LogP contribution is -2.51. The minimum absolute atomic E-state index is 0.443. The van der Waals surface area contributed by atoms with Gasteiger partial charge < -0.3 is 10.6 Å². The van der Waals surface area contributed by atoms with Crippen LogP contribution in [0.4, 0.5) is 5.82 Å². The van der Waals surface area contributed by atoms with Gasteiger partial charge in [0.2, 0.25) is 0 Å². The predicted octanol–water partition coefficient (Wildman–Crippen LogP) is 3.09. The van der Waals surface area contributed by atoms with Crippen molar-refractivity contribution in [1.29, 1.82) is 0 Å². The van der Waals surface area contributed by atoms with Crippen molar-refractivity contribution >= 4 is 34.7 Å². The lowest BCUT2D eigenvalue weighted by Gasteiger charge is -2.28. The maximum Gasteiger partial charge on any atom is 0.138 e. The molecular weight excluding hydrogens is 321 g/mol. The van der Waals surface area contributed by atoms with Crippen molar-refractivity contribution in [3.63, 3.8) is 0 Å². The normalized spacial score (nSPS) is 15.0. The first kappa shape index (κ1) is 13.8. The van der Waals surface area contributed by atoms with Gasteiger partial charge in [-0.2, -0.15) is 0 Å². The monoisotopic (exact) mass is 333 g/mol. The summed E-state index contributed by atoms with van der Waals surface area (Å²) < 4.78 is 1.89. The van der Waals surface area contributed by atoms with Gasteiger partial charge in [0.05, 0.1) is 33.7 Å². The Morgan fingerprint density at radius 2 is 2.09 bits per heavy atom. The van der Waals surface area contributed by atoms with Gasteiger partial charge in [0.15, 0.2) is 0 Å². The molecule has 112 valence electrons. The van der Waals surface area contributed by atoms with E-state index in [0.29, 0.717) is 16.1 Å². The van der Waals surface area contributed by atoms with Crippen LogP contribution in [0.3, 0.4) is 0 Å². The van der Waals surface area contributed by atoms with Gasteiger partial charge in [0, 0.05) is 25.4 Å². The third-order valence-electron chi connectivity index (χ3n) is 3.70. The number of hydrogen-bond donors (Lipinski definition) is 2. The second-order valence-corrected chi connectivity index (χ2v) is 6.06. The van der Waals surface area contributed by atoms with Crippen LogP contribution in [-0.2, 0) is 0 Å². The van der Waals surface area contributed by atoms with Crippen LogP contribution >= 0.6 is 23.2 Å². The average molecular weight is 334 g/mol. The number of nitrogens with one attached hydrogen (secondary N) is 2. The molecule has 4 rings (SSSR count). The number of halogens is 2. The van der Waals surface area contributed by atoms with Crippen molar-refractivity contribution < 1.29 is 0 Å². The second-order valence-electron chi connectivity index (χ2n) is 5.25. The van der Waals surface area contributed by atoms with Crippen molar-refractivity contribution in [3.8, 4) is 11.4 Å². The molecule has 0 aliphatic carbocycles. The van der Waals surface area contributed by atoms with Crippen LogP contribution in [0.15, 0.2) is 36.7 Å². The van der Waals surface area contributed by atoms with Crippen LogP contribution in [0.25, 0.3) is 17.0 Å². The summed E-state index contributed by atoms with van der Waals surface area (Å²) in [7, 11) is 0. The molecule has 7 heteroatoms. The van der Waals surface area contributed by atoms with Crippen molar-refractivity contribution in [1.82, 2.24) is 19.7 Å². The van der Waals surface area contributed by atoms with E-state index in [1.54, 1.807) is 18.5 Å². The highest BCUT2D eigenvalue weighted by Crippen LogP contribution is 2.27. The van der Waals surface area contributed by atoms with Crippen molar-refractivity contribution in [2.75, 3.05) is 18.4 Å². The fourth-order valence-corrected chi connectivity index (χ4v) is 2.72. The van der Waals surface area contributed by atoms with Gasteiger partial charge in [-0.15, -0.1) is 0 Å². The van der Waals surface area contributed by atoms with E-state index >= 15 is 0 Å². The quantitative estimate of drug-likeness (QED) is 0.773. The Kier molecular flexibility index (Phi) is 3.41. The Balaban J connectivity index is 1.74. The highest BCUT2D eigenvalue weighted by molar-refractivity contribution is 6.42. The lowest BCUT2D eigenvalue weighted by molar-refractivity contribution is 0.471. The number of anilines is 1. The van der Waals surface area contributed by atoms with Crippen LogP contribution in [0.5, 0.6) is 0 Å². The van der Waals surface area contributed by atoms with Crippen LogP contribution < -0.4 is 10.6 Å². The number of fused-ring (bicyclic) bond motifs is 1. The van der Waals surface area contributed by atoms with Crippen LogP contribution in [-0.4, -0.2) is 33.5 Å². The van der Waals surface area contributed by atoms with Gasteiger partial charge in [-0.25, -0.2) is 9.97 Å². The number of aromatic nitrogens is 3. The smallest absolute Gasteiger partial charge is 0.138 e. The van der Waals surface area contributed by atoms with E-state index in [1.807, 2.05) is 22.6 Å². The summed E-state index contributed by atoms with van der Waals surface area (Å²) in [6.07, 6.45) is 3.54. The van der Waals surface area contributed by atoms with Crippen LogP contribution in [0.1, 0.15) is 0 Å². The molecule has 0 unspecified atom stereocenters. The molecule has 2 N–H and O–H groups in total. The minimum atomic E-state index is 0.443. The molecule has 0 spiro atoms. The number of pyridine rings is 2. The fraction of sp³-hybridized carbons (Fsp3) is 0.200. The molecule has 0 aromatic carbocycles. The highest BCUT2D eigenvalue weighted by atomic mass is 35.5. The Morgan fingerprint density at radius 3 is 2.86 bits per heavy atom. The van der Waals surface area contributed by atoms with E-state index in [9.17, 15) is 0 Å². The first-order valence-corrected chi connectivity index (χ1v) is 7.73. The first-order valence-electron chi connectivity index (χ1n) is 6.97. The van der Waals surface area contributed by atoms with E-state index in [4.69, 9.17) is 23.2 Å². The molecule has 0 saturated carbocycles. The molecule has 3 aromatic rings. The van der Waals surface area contributed by atoms with Crippen LogP contribution in [0, 0.1) is 0 Å². The zero-order valence-corrected chi connectivity index (χ0v) is 13.1. The van der Waals surface area contributed by atoms with E-state index < -0.39 is 0 Å². The average Bonchev–Trinajstić information content (AvgIpc) is 2.87. The summed E-state index contributed by atoms with van der Waals surface area (Å²) in [5.74, 6) is 0.860. The number of rotatable bonds is 3. The molecule has 4 heterocycles. The molecular formula is C15H13Cl2N5. The molecule has 22 heavy (non-hydrogen) atoms. The molecule has 3 aromatic heterocycles. The van der Waals surface area contributed by atoms with E-state index in [-0.39, 0.29) is 0 Å². The van der Waals surface area contributed by atoms with E-state index in [1.165, 1.54) is 0 Å². The molecule has 1 aliphatic heterocycles. The summed E-state index contributed by atoms with van der Waals surface area (Å²) in [4.78, 5) is 9.03. The molecule has 0 atom stereocenters. The van der Waals surface area contributed by atoms with Gasteiger partial charge in [-0.3, -0.25) is 4.40 Å². The van der Waals surface area contributed by atoms with Gasteiger partial charge in [-0.1, -0.05) is 29.3 Å². The van der Waals surface area contributed by atoms with Gasteiger partial charge in [-0.05, 0) is 12.1 Å². The SMILES string of the molecule is Clc1cc2ncc(-c3cccc(NC4CNC4)n3)n2cc1Cl. The predicted molar refractivity (Wildman–Crippen MR) is 88.7 cm³/mol. The van der Waals surface area contributed by atoms with Crippen LogP contribution in [0.2, 0.25) is 10.0 Å². The zero-order valence-electron chi connectivity index (χ0n) is 11.6. The number of nitrogens with zero attached hydrogens (tertiary/aromatic N) is 3. The maximum absolute atomic E-state index is 6.11. The summed E-state index contributed by atoms with van der Waals surface area (Å²) in [5.41, 5.74) is 2.46. The molecule has 0 bridgehead atoms. The molecule has 5 nitrogen and oxygen atoms in total. The summed E-state index contributed by atoms with van der Waals surface area (Å²) >= 11 is 12.1. The number of imidazole rings is 1. The minimum Gasteiger partial charge on any atom is -0.365 e. The third-order valence-corrected chi connectivity index (χ3v) is 4.41. The molecule has 0 radical (unpaired) electrons. The standard InChI is InChI=1S/C15H13Cl2N5/c16-10-4-15-19-7-13(22(15)8-11(10)17)12-2-1-3-14(21-12)20-9-5-18-6-9/h1-4,7-9,18H,5-6H2,(H,20,21). The summed E-state index contributed by atoms with van der Waals surface area (Å²) in [6.45, 7) is 1.94. The first-order chi connectivity index (χ1) is 10.7. The Hall–Kier alpha value is -1.82. The zero-order chi connectivity index (χ0) is 15.1. The van der Waals surface area contributed by atoms with Crippen molar-refractivity contribution in [3.05, 3.63) is 46.7 Å². The molecule has 0 amide bonds. The van der Waals surface area contributed by atoms with Crippen molar-refractivity contribution in [2.24, 2.45) is 0 Å². The summed E-state index contributed by atoms with van der Waals surface area (Å²) in [6, 6.07) is 8.09. The largest absolute Gasteiger partial charge is 0.365 e. The lowest BCUT2D eigenvalue weighted by atomic mass is 10.2. The van der Waals surface area contributed by atoms with Gasteiger partial charge in [0.25, 0.3) is 0 Å². The molecule has 1 aliphatic rings. The highest BCUT2D eigenvalue weighted by Gasteiger charge is 2.17. The van der Waals surface area contributed by atoms with E-state index in [0.717, 1.165) is 35.9 Å². The Bertz CT molecular complexity index is 841. The Labute approximate surface area is 137 Å². The second kappa shape index (κ2) is 5.43. The molecule has 1 fully saturated rings. The Morgan fingerprint density at radius 1 is 1.23 bits per heavy atom. The number of hydrogen-bond acceptors (Lipinski definition) is 4. The molecule has 1 saturated heterocycles. The van der Waals surface area contributed by atoms with Gasteiger partial charge >= 0.3 is 0 Å². The van der Waals surface area contributed by atoms with Gasteiger partial charge in [0.1, 0.15) is 11.5 Å². The topological polar surface area (TPSA) is 54.2 Å². The van der Waals surface area contributed by atoms with Crippen molar-refractivity contribution in [2.45, 2.75) is 6.04 Å². The third kappa shape index (κ3) is 2.41.